The number of hydrogen-bond donors (Lipinski definition) is 2. The van der Waals surface area contributed by atoms with Crippen molar-refractivity contribution in [2.24, 2.45) is 0 Å². The van der Waals surface area contributed by atoms with Gasteiger partial charge in [0.1, 0.15) is 0 Å². The molecule has 0 spiro atoms. The second-order valence-corrected chi connectivity index (χ2v) is 5.56. The van der Waals surface area contributed by atoms with Gasteiger partial charge < -0.3 is 15.2 Å². The molecule has 2 N–H and O–H groups in total. The van der Waals surface area contributed by atoms with Crippen molar-refractivity contribution in [2.45, 2.75) is 19.8 Å². The fraction of sp³-hybridized carbons (Fsp3) is 0.222. The summed E-state index contributed by atoms with van der Waals surface area (Å²) in [4.78, 5) is 33.4. The summed E-state index contributed by atoms with van der Waals surface area (Å²) in [5.74, 6) is -1.21. The maximum Gasteiger partial charge on any atom is 0.335 e. The van der Waals surface area contributed by atoms with E-state index in [1.165, 1.54) is 24.3 Å². The van der Waals surface area contributed by atoms with Crippen LogP contribution in [0, 0.1) is 17.0 Å². The number of carbonyl (C=O) groups excluding carboxylic acids is 1. The zero-order valence-electron chi connectivity index (χ0n) is 14.1. The van der Waals surface area contributed by atoms with Crippen molar-refractivity contribution in [1.82, 2.24) is 0 Å². The third-order valence-electron chi connectivity index (χ3n) is 3.63. The first-order valence-electron chi connectivity index (χ1n) is 7.88. The van der Waals surface area contributed by atoms with Crippen LogP contribution < -0.4 is 10.1 Å². The molecule has 0 unspecified atom stereocenters. The standard InChI is InChI=1S/C18H18N2O6/c1-12-8-9-13(18(22)23)11-14(12)19-17(21)7-4-10-26-16-6-3-2-5-15(16)20(24)25/h2-3,5-6,8-9,11H,4,7,10H2,1H3,(H,19,21)(H,22,23). The average Bonchev–Trinajstić information content (AvgIpc) is 2.60. The van der Waals surface area contributed by atoms with Gasteiger partial charge in [-0.1, -0.05) is 18.2 Å². The minimum atomic E-state index is -1.07. The number of carboxylic acids is 1. The highest BCUT2D eigenvalue weighted by Gasteiger charge is 2.14. The van der Waals surface area contributed by atoms with Crippen molar-refractivity contribution in [3.05, 3.63) is 63.7 Å². The number of para-hydroxylation sites is 2. The number of carbonyl (C=O) groups is 2. The Labute approximate surface area is 149 Å². The van der Waals surface area contributed by atoms with E-state index >= 15 is 0 Å². The molecule has 0 atom stereocenters. The number of anilines is 1. The van der Waals surface area contributed by atoms with Crippen molar-refractivity contribution in [3.8, 4) is 5.75 Å². The molecule has 0 heterocycles. The highest BCUT2D eigenvalue weighted by atomic mass is 16.6. The van der Waals surface area contributed by atoms with Crippen LogP contribution in [0.25, 0.3) is 0 Å². The molecule has 0 bridgehead atoms. The van der Waals surface area contributed by atoms with Gasteiger partial charge in [-0.05, 0) is 37.1 Å². The van der Waals surface area contributed by atoms with Crippen LogP contribution in [0.4, 0.5) is 11.4 Å². The van der Waals surface area contributed by atoms with Gasteiger partial charge in [-0.15, -0.1) is 0 Å². The highest BCUT2D eigenvalue weighted by Crippen LogP contribution is 2.26. The van der Waals surface area contributed by atoms with E-state index in [0.717, 1.165) is 5.56 Å². The Bertz CT molecular complexity index is 834. The van der Waals surface area contributed by atoms with Crippen LogP contribution in [0.3, 0.4) is 0 Å². The second kappa shape index (κ2) is 8.61. The predicted molar refractivity (Wildman–Crippen MR) is 94.6 cm³/mol. The lowest BCUT2D eigenvalue weighted by molar-refractivity contribution is -0.385. The van der Waals surface area contributed by atoms with Gasteiger partial charge in [0.05, 0.1) is 17.1 Å². The summed E-state index contributed by atoms with van der Waals surface area (Å²) in [6.07, 6.45) is 0.493. The van der Waals surface area contributed by atoms with Crippen molar-refractivity contribution < 1.29 is 24.4 Å². The molecule has 0 radical (unpaired) electrons. The maximum absolute atomic E-state index is 12.0. The number of nitro benzene ring substituents is 1. The Morgan fingerprint density at radius 1 is 1.23 bits per heavy atom. The largest absolute Gasteiger partial charge is 0.487 e. The summed E-state index contributed by atoms with van der Waals surface area (Å²) in [6, 6.07) is 10.5. The summed E-state index contributed by atoms with van der Waals surface area (Å²) in [7, 11) is 0. The summed E-state index contributed by atoms with van der Waals surface area (Å²) >= 11 is 0. The number of nitrogens with zero attached hydrogens (tertiary/aromatic N) is 1. The third kappa shape index (κ3) is 5.04. The van der Waals surface area contributed by atoms with E-state index in [9.17, 15) is 19.7 Å². The molecule has 0 aliphatic heterocycles. The molecule has 2 aromatic carbocycles. The van der Waals surface area contributed by atoms with E-state index in [0.29, 0.717) is 12.1 Å². The molecular formula is C18H18N2O6. The van der Waals surface area contributed by atoms with Crippen molar-refractivity contribution >= 4 is 23.3 Å². The predicted octanol–water partition coefficient (Wildman–Crippen LogP) is 3.40. The van der Waals surface area contributed by atoms with Crippen LogP contribution in [0.2, 0.25) is 0 Å². The second-order valence-electron chi connectivity index (χ2n) is 5.56. The van der Waals surface area contributed by atoms with Gasteiger partial charge in [0.2, 0.25) is 5.91 Å². The Morgan fingerprint density at radius 3 is 2.65 bits per heavy atom. The fourth-order valence-electron chi connectivity index (χ4n) is 2.25. The van der Waals surface area contributed by atoms with E-state index in [1.54, 1.807) is 25.1 Å². The highest BCUT2D eigenvalue weighted by molar-refractivity contribution is 5.94. The zero-order valence-corrected chi connectivity index (χ0v) is 14.1. The first-order chi connectivity index (χ1) is 12.4. The monoisotopic (exact) mass is 358 g/mol. The molecular weight excluding hydrogens is 340 g/mol. The minimum Gasteiger partial charge on any atom is -0.487 e. The van der Waals surface area contributed by atoms with Crippen LogP contribution >= 0.6 is 0 Å². The van der Waals surface area contributed by atoms with E-state index in [2.05, 4.69) is 5.32 Å². The van der Waals surface area contributed by atoms with Crippen LogP contribution in [-0.2, 0) is 4.79 Å². The number of nitrogens with one attached hydrogen (secondary N) is 1. The van der Waals surface area contributed by atoms with E-state index in [-0.39, 0.29) is 35.9 Å². The van der Waals surface area contributed by atoms with Gasteiger partial charge in [0, 0.05) is 18.2 Å². The van der Waals surface area contributed by atoms with E-state index in [4.69, 9.17) is 9.84 Å². The first-order valence-corrected chi connectivity index (χ1v) is 7.88. The lowest BCUT2D eigenvalue weighted by atomic mass is 10.1. The molecule has 2 aromatic rings. The van der Waals surface area contributed by atoms with Crippen molar-refractivity contribution in [2.75, 3.05) is 11.9 Å². The first kappa shape index (κ1) is 18.9. The van der Waals surface area contributed by atoms with Gasteiger partial charge in [0.25, 0.3) is 0 Å². The normalized spacial score (nSPS) is 10.2. The number of aryl methyl sites for hydroxylation is 1. The fourth-order valence-corrected chi connectivity index (χ4v) is 2.25. The molecule has 0 aliphatic rings. The number of rotatable bonds is 8. The van der Waals surface area contributed by atoms with Gasteiger partial charge in [-0.25, -0.2) is 4.79 Å². The number of ether oxygens (including phenoxy) is 1. The third-order valence-corrected chi connectivity index (χ3v) is 3.63. The molecule has 0 aromatic heterocycles. The topological polar surface area (TPSA) is 119 Å². The number of carboxylic acid groups (broad SMARTS) is 1. The molecule has 0 aliphatic carbocycles. The number of hydrogen-bond acceptors (Lipinski definition) is 5. The zero-order chi connectivity index (χ0) is 19.1. The van der Waals surface area contributed by atoms with E-state index < -0.39 is 10.9 Å². The van der Waals surface area contributed by atoms with E-state index in [1.807, 2.05) is 0 Å². The molecule has 8 heteroatoms. The van der Waals surface area contributed by atoms with Crippen molar-refractivity contribution in [3.63, 3.8) is 0 Å². The van der Waals surface area contributed by atoms with Gasteiger partial charge in [-0.3, -0.25) is 14.9 Å². The lowest BCUT2D eigenvalue weighted by Crippen LogP contribution is -2.14. The average molecular weight is 358 g/mol. The molecule has 8 nitrogen and oxygen atoms in total. The summed E-state index contributed by atoms with van der Waals surface area (Å²) in [5, 5.41) is 22.6. The van der Waals surface area contributed by atoms with Gasteiger partial charge >= 0.3 is 11.7 Å². The lowest BCUT2D eigenvalue weighted by Gasteiger charge is -2.10. The number of nitro groups is 1. The Balaban J connectivity index is 1.86. The minimum absolute atomic E-state index is 0.0885. The number of amides is 1. The smallest absolute Gasteiger partial charge is 0.335 e. The Kier molecular flexibility index (Phi) is 6.26. The Hall–Kier alpha value is -3.42. The van der Waals surface area contributed by atoms with Gasteiger partial charge in [0.15, 0.2) is 5.75 Å². The molecule has 136 valence electrons. The SMILES string of the molecule is Cc1ccc(C(=O)O)cc1NC(=O)CCCOc1ccccc1[N+](=O)[O-]. The molecule has 0 saturated heterocycles. The maximum atomic E-state index is 12.0. The molecule has 1 amide bonds. The van der Waals surface area contributed by atoms with Crippen LogP contribution in [0.1, 0.15) is 28.8 Å². The summed E-state index contributed by atoms with van der Waals surface area (Å²) in [5.41, 5.74) is 1.15. The molecule has 2 rings (SSSR count). The van der Waals surface area contributed by atoms with Gasteiger partial charge in [-0.2, -0.15) is 0 Å². The van der Waals surface area contributed by atoms with Crippen LogP contribution in [0.5, 0.6) is 5.75 Å². The van der Waals surface area contributed by atoms with Crippen LogP contribution in [-0.4, -0.2) is 28.5 Å². The Morgan fingerprint density at radius 2 is 1.96 bits per heavy atom. The number of benzene rings is 2. The van der Waals surface area contributed by atoms with Crippen molar-refractivity contribution in [1.29, 1.82) is 0 Å². The number of aromatic carboxylic acids is 1. The summed E-state index contributed by atoms with van der Waals surface area (Å²) in [6.45, 7) is 1.91. The van der Waals surface area contributed by atoms with Crippen LogP contribution in [0.15, 0.2) is 42.5 Å². The quantitative estimate of drug-likeness (QED) is 0.424. The molecule has 26 heavy (non-hydrogen) atoms. The molecule has 0 saturated carbocycles. The summed E-state index contributed by atoms with van der Waals surface area (Å²) < 4.78 is 5.37. The molecule has 0 fully saturated rings.